The highest BCUT2D eigenvalue weighted by Gasteiger charge is 2.52. The third-order valence-electron chi connectivity index (χ3n) is 3.81. The van der Waals surface area contributed by atoms with Crippen molar-refractivity contribution in [1.82, 2.24) is 10.2 Å². The number of carbonyl (C=O) groups excluding carboxylic acids is 4. The number of likely N-dealkylation sites (tertiary alicyclic amines) is 1. The Bertz CT molecular complexity index is 440. The minimum atomic E-state index is -0.667. The smallest absolute Gasteiger partial charge is 0.240 e. The van der Waals surface area contributed by atoms with Crippen LogP contribution in [0.4, 0.5) is 0 Å². The molecule has 0 unspecified atom stereocenters. The van der Waals surface area contributed by atoms with Gasteiger partial charge in [0.25, 0.3) is 0 Å². The van der Waals surface area contributed by atoms with E-state index < -0.39 is 17.2 Å². The predicted octanol–water partition coefficient (Wildman–Crippen LogP) is -1.09. The maximum Gasteiger partial charge on any atom is 0.240 e. The molecule has 0 aromatic carbocycles. The Morgan fingerprint density at radius 3 is 2.47 bits per heavy atom. The molecule has 0 aromatic heterocycles. The summed E-state index contributed by atoms with van der Waals surface area (Å²) in [6, 6.07) is 0. The lowest BCUT2D eigenvalue weighted by Crippen LogP contribution is -2.44. The summed E-state index contributed by atoms with van der Waals surface area (Å²) in [5, 5.41) is 2.27. The number of hydrogen-bond donors (Lipinski definition) is 2. The molecule has 2 rings (SSSR count). The van der Waals surface area contributed by atoms with Gasteiger partial charge in [-0.3, -0.25) is 24.1 Å². The van der Waals surface area contributed by atoms with Crippen LogP contribution in [0.25, 0.3) is 0 Å². The summed E-state index contributed by atoms with van der Waals surface area (Å²) in [6.45, 7) is -0.618. The van der Waals surface area contributed by atoms with E-state index in [2.05, 4.69) is 5.32 Å². The van der Waals surface area contributed by atoms with Gasteiger partial charge in [0, 0.05) is 6.42 Å². The van der Waals surface area contributed by atoms with Gasteiger partial charge < -0.3 is 11.1 Å². The molecule has 7 heteroatoms. The quantitative estimate of drug-likeness (QED) is 0.630. The van der Waals surface area contributed by atoms with Crippen molar-refractivity contribution in [2.45, 2.75) is 32.1 Å². The second-order valence-electron chi connectivity index (χ2n) is 5.19. The highest BCUT2D eigenvalue weighted by Crippen LogP contribution is 2.46. The number of rotatable bonds is 4. The fraction of sp³-hybridized carbons (Fsp3) is 0.667. The summed E-state index contributed by atoms with van der Waals surface area (Å²) in [5.41, 5.74) is 4.33. The second-order valence-corrected chi connectivity index (χ2v) is 5.19. The van der Waals surface area contributed by atoms with Gasteiger partial charge in [-0.05, 0) is 12.8 Å². The molecule has 19 heavy (non-hydrogen) atoms. The summed E-state index contributed by atoms with van der Waals surface area (Å²) >= 11 is 0. The van der Waals surface area contributed by atoms with Crippen LogP contribution in [-0.2, 0) is 19.2 Å². The fourth-order valence-corrected chi connectivity index (χ4v) is 2.85. The molecular formula is C12H17N3O4. The van der Waals surface area contributed by atoms with Gasteiger partial charge in [-0.25, -0.2) is 0 Å². The van der Waals surface area contributed by atoms with Gasteiger partial charge >= 0.3 is 0 Å². The van der Waals surface area contributed by atoms with Crippen molar-refractivity contribution in [2.24, 2.45) is 11.1 Å². The van der Waals surface area contributed by atoms with Gasteiger partial charge in [-0.1, -0.05) is 12.8 Å². The number of imide groups is 1. The molecule has 2 aliphatic rings. The molecule has 0 atom stereocenters. The van der Waals surface area contributed by atoms with Crippen molar-refractivity contribution in [1.29, 1.82) is 0 Å². The molecule has 1 spiro atoms. The lowest BCUT2D eigenvalue weighted by Gasteiger charge is -2.20. The van der Waals surface area contributed by atoms with Crippen LogP contribution >= 0.6 is 0 Å². The van der Waals surface area contributed by atoms with Crippen LogP contribution in [-0.4, -0.2) is 41.6 Å². The zero-order valence-corrected chi connectivity index (χ0v) is 10.6. The fourth-order valence-electron chi connectivity index (χ4n) is 2.85. The maximum atomic E-state index is 12.2. The third kappa shape index (κ3) is 2.59. The van der Waals surface area contributed by atoms with E-state index in [1.54, 1.807) is 0 Å². The van der Waals surface area contributed by atoms with E-state index in [4.69, 9.17) is 5.73 Å². The normalized spacial score (nSPS) is 21.2. The first-order chi connectivity index (χ1) is 8.94. The van der Waals surface area contributed by atoms with Crippen LogP contribution in [0.2, 0.25) is 0 Å². The van der Waals surface area contributed by atoms with Gasteiger partial charge in [0.15, 0.2) is 0 Å². The molecule has 1 saturated heterocycles. The maximum absolute atomic E-state index is 12.2. The third-order valence-corrected chi connectivity index (χ3v) is 3.81. The Hall–Kier alpha value is -1.92. The molecule has 104 valence electrons. The lowest BCUT2D eigenvalue weighted by atomic mass is 9.84. The van der Waals surface area contributed by atoms with E-state index in [1.807, 2.05) is 0 Å². The molecule has 1 aliphatic carbocycles. The number of nitrogens with two attached hydrogens (primary N) is 1. The zero-order valence-electron chi connectivity index (χ0n) is 10.6. The van der Waals surface area contributed by atoms with Gasteiger partial charge in [-0.2, -0.15) is 0 Å². The molecule has 4 amide bonds. The van der Waals surface area contributed by atoms with Crippen molar-refractivity contribution < 1.29 is 19.2 Å². The number of hydrogen-bond acceptors (Lipinski definition) is 4. The molecule has 1 heterocycles. The van der Waals surface area contributed by atoms with Crippen LogP contribution in [0.1, 0.15) is 32.1 Å². The van der Waals surface area contributed by atoms with E-state index in [9.17, 15) is 19.2 Å². The summed E-state index contributed by atoms with van der Waals surface area (Å²) in [4.78, 5) is 47.2. The van der Waals surface area contributed by atoms with Crippen LogP contribution in [0.3, 0.4) is 0 Å². The summed E-state index contributed by atoms with van der Waals surface area (Å²) in [7, 11) is 0. The van der Waals surface area contributed by atoms with Gasteiger partial charge in [0.2, 0.25) is 23.6 Å². The van der Waals surface area contributed by atoms with Crippen molar-refractivity contribution in [3.8, 4) is 0 Å². The Morgan fingerprint density at radius 1 is 1.26 bits per heavy atom. The number of nitrogens with one attached hydrogen (secondary N) is 1. The zero-order chi connectivity index (χ0) is 14.0. The van der Waals surface area contributed by atoms with Gasteiger partial charge in [-0.15, -0.1) is 0 Å². The Kier molecular flexibility index (Phi) is 3.55. The van der Waals surface area contributed by atoms with Crippen molar-refractivity contribution in [2.75, 3.05) is 13.1 Å². The van der Waals surface area contributed by atoms with E-state index in [-0.39, 0.29) is 31.3 Å². The van der Waals surface area contributed by atoms with E-state index in [0.717, 1.165) is 30.6 Å². The first-order valence-electron chi connectivity index (χ1n) is 6.34. The standard InChI is InChI=1S/C12H17N3O4/c13-8(16)6-14-9(17)7-15-10(18)5-12(11(15)19)3-1-2-4-12/h1-7H2,(H2,13,16)(H,14,17). The lowest BCUT2D eigenvalue weighted by molar-refractivity contribution is -0.144. The first-order valence-corrected chi connectivity index (χ1v) is 6.34. The molecule has 1 saturated carbocycles. The van der Waals surface area contributed by atoms with Gasteiger partial charge in [0.05, 0.1) is 12.0 Å². The minimum absolute atomic E-state index is 0.203. The summed E-state index contributed by atoms with van der Waals surface area (Å²) < 4.78 is 0. The average Bonchev–Trinajstić information content (AvgIpc) is 2.89. The van der Waals surface area contributed by atoms with Crippen LogP contribution in [0, 0.1) is 5.41 Å². The molecule has 0 bridgehead atoms. The first kappa shape index (κ1) is 13.5. The number of primary amides is 1. The number of carbonyl (C=O) groups is 4. The highest BCUT2D eigenvalue weighted by molar-refractivity contribution is 6.08. The van der Waals surface area contributed by atoms with Crippen molar-refractivity contribution in [3.63, 3.8) is 0 Å². The van der Waals surface area contributed by atoms with Crippen molar-refractivity contribution >= 4 is 23.6 Å². The average molecular weight is 267 g/mol. The Balaban J connectivity index is 1.97. The Morgan fingerprint density at radius 2 is 1.89 bits per heavy atom. The van der Waals surface area contributed by atoms with Crippen LogP contribution in [0.15, 0.2) is 0 Å². The topological polar surface area (TPSA) is 110 Å². The molecular weight excluding hydrogens is 250 g/mol. The highest BCUT2D eigenvalue weighted by atomic mass is 16.2. The summed E-state index contributed by atoms with van der Waals surface area (Å²) in [6.07, 6.45) is 3.53. The van der Waals surface area contributed by atoms with Gasteiger partial charge in [0.1, 0.15) is 6.54 Å². The number of amides is 4. The van der Waals surface area contributed by atoms with E-state index in [1.165, 1.54) is 0 Å². The second kappa shape index (κ2) is 4.99. The molecule has 1 aliphatic heterocycles. The van der Waals surface area contributed by atoms with Crippen LogP contribution < -0.4 is 11.1 Å². The molecule has 2 fully saturated rings. The largest absolute Gasteiger partial charge is 0.368 e. The van der Waals surface area contributed by atoms with E-state index in [0.29, 0.717) is 0 Å². The molecule has 0 radical (unpaired) electrons. The molecule has 3 N–H and O–H groups in total. The molecule has 7 nitrogen and oxygen atoms in total. The van der Waals surface area contributed by atoms with E-state index >= 15 is 0 Å². The summed E-state index contributed by atoms with van der Waals surface area (Å²) in [5.74, 6) is -1.76. The Labute approximate surface area is 110 Å². The monoisotopic (exact) mass is 267 g/mol. The SMILES string of the molecule is NC(=O)CNC(=O)CN1C(=O)CC2(CCCC2)C1=O. The minimum Gasteiger partial charge on any atom is -0.368 e. The van der Waals surface area contributed by atoms with Crippen LogP contribution in [0.5, 0.6) is 0 Å². The predicted molar refractivity (Wildman–Crippen MR) is 64.4 cm³/mol. The van der Waals surface area contributed by atoms with Crippen molar-refractivity contribution in [3.05, 3.63) is 0 Å². The molecule has 0 aromatic rings. The number of nitrogens with zero attached hydrogens (tertiary/aromatic N) is 1.